The number of rotatable bonds is 10. The quantitative estimate of drug-likeness (QED) is 0.458. The summed E-state index contributed by atoms with van der Waals surface area (Å²) in [6.07, 6.45) is 10.8. The van der Waals surface area contributed by atoms with Crippen LogP contribution >= 0.6 is 7.94 Å². The summed E-state index contributed by atoms with van der Waals surface area (Å²) in [5.74, 6) is 0. The molecule has 0 radical (unpaired) electrons. The topological polar surface area (TPSA) is 60.7 Å². The van der Waals surface area contributed by atoms with Crippen LogP contribution in [0.3, 0.4) is 0 Å². The summed E-state index contributed by atoms with van der Waals surface area (Å²) >= 11 is 0. The van der Waals surface area contributed by atoms with Gasteiger partial charge in [-0.3, -0.25) is 0 Å². The molecule has 0 heterocycles. The molecule has 0 unspecified atom stereocenters. The average Bonchev–Trinajstić information content (AvgIpc) is 2.41. The van der Waals surface area contributed by atoms with Gasteiger partial charge in [-0.05, 0) is 0 Å². The Bertz CT molecular complexity index is 374. The Morgan fingerprint density at radius 1 is 0.800 bits per heavy atom. The van der Waals surface area contributed by atoms with Crippen LogP contribution in [-0.2, 0) is 6.42 Å². The molecule has 0 spiro atoms. The van der Waals surface area contributed by atoms with E-state index >= 15 is 0 Å². The van der Waals surface area contributed by atoms with Gasteiger partial charge in [-0.1, -0.05) is 0 Å². The van der Waals surface area contributed by atoms with Gasteiger partial charge >= 0.3 is 122 Å². The van der Waals surface area contributed by atoms with E-state index in [0.717, 1.165) is 24.8 Å². The Hall–Kier alpha value is -0.470. The molecule has 0 saturated heterocycles. The molecule has 0 fully saturated rings. The molecular formula is C16H29O3P. The molecule has 0 aliphatic carbocycles. The van der Waals surface area contributed by atoms with E-state index in [0.29, 0.717) is 5.30 Å². The Morgan fingerprint density at radius 2 is 1.35 bits per heavy atom. The standard InChI is InChI=1S/C16H29O3P/c1-2-3-4-5-6-7-8-9-12-15-13-10-11-14-16(15)20(17,18)19/h10-11,13-14,17-20H,2-9,12H2,1H3. The Kier molecular flexibility index (Phi) is 8.32. The van der Waals surface area contributed by atoms with E-state index in [1.807, 2.05) is 12.1 Å². The van der Waals surface area contributed by atoms with E-state index < -0.39 is 7.94 Å². The summed E-state index contributed by atoms with van der Waals surface area (Å²) in [4.78, 5) is 28.3. The monoisotopic (exact) mass is 300 g/mol. The molecule has 1 aromatic carbocycles. The molecule has 0 bridgehead atoms. The van der Waals surface area contributed by atoms with Crippen LogP contribution in [0.5, 0.6) is 0 Å². The van der Waals surface area contributed by atoms with Crippen molar-refractivity contribution in [3.8, 4) is 0 Å². The van der Waals surface area contributed by atoms with Gasteiger partial charge in [0.25, 0.3) is 0 Å². The van der Waals surface area contributed by atoms with Gasteiger partial charge in [0.15, 0.2) is 0 Å². The van der Waals surface area contributed by atoms with Crippen molar-refractivity contribution in [2.75, 3.05) is 0 Å². The first-order valence-electron chi connectivity index (χ1n) is 7.81. The van der Waals surface area contributed by atoms with Crippen LogP contribution in [0.1, 0.15) is 63.9 Å². The van der Waals surface area contributed by atoms with Crippen molar-refractivity contribution in [1.82, 2.24) is 0 Å². The first-order chi connectivity index (χ1) is 9.55. The number of hydrogen-bond acceptors (Lipinski definition) is 3. The molecule has 3 N–H and O–H groups in total. The van der Waals surface area contributed by atoms with Crippen molar-refractivity contribution in [3.63, 3.8) is 0 Å². The van der Waals surface area contributed by atoms with Crippen molar-refractivity contribution < 1.29 is 14.7 Å². The van der Waals surface area contributed by atoms with Gasteiger partial charge in [-0.15, -0.1) is 0 Å². The molecule has 0 saturated carbocycles. The molecule has 0 aliphatic rings. The Labute approximate surface area is 123 Å². The van der Waals surface area contributed by atoms with Crippen molar-refractivity contribution in [2.24, 2.45) is 0 Å². The predicted molar refractivity (Wildman–Crippen MR) is 87.4 cm³/mol. The zero-order valence-corrected chi connectivity index (χ0v) is 13.5. The van der Waals surface area contributed by atoms with E-state index in [1.54, 1.807) is 12.1 Å². The summed E-state index contributed by atoms with van der Waals surface area (Å²) < 4.78 is 0. The zero-order chi connectivity index (χ0) is 14.8. The number of unbranched alkanes of at least 4 members (excludes halogenated alkanes) is 7. The van der Waals surface area contributed by atoms with E-state index in [1.165, 1.54) is 38.5 Å². The number of benzene rings is 1. The van der Waals surface area contributed by atoms with Gasteiger partial charge < -0.3 is 0 Å². The Balaban J connectivity index is 2.26. The molecule has 20 heavy (non-hydrogen) atoms. The van der Waals surface area contributed by atoms with E-state index in [4.69, 9.17) is 0 Å². The summed E-state index contributed by atoms with van der Waals surface area (Å²) in [5, 5.41) is 0.336. The fourth-order valence-corrected chi connectivity index (χ4v) is 3.47. The van der Waals surface area contributed by atoms with Gasteiger partial charge in [0, 0.05) is 0 Å². The maximum atomic E-state index is 9.44. The molecule has 0 aromatic heterocycles. The van der Waals surface area contributed by atoms with Crippen molar-refractivity contribution in [3.05, 3.63) is 29.8 Å². The van der Waals surface area contributed by atoms with Crippen LogP contribution < -0.4 is 5.30 Å². The zero-order valence-electron chi connectivity index (χ0n) is 12.5. The fourth-order valence-electron chi connectivity index (χ4n) is 2.51. The first-order valence-corrected chi connectivity index (χ1v) is 9.65. The summed E-state index contributed by atoms with van der Waals surface area (Å²) in [6.45, 7) is 2.23. The molecule has 3 nitrogen and oxygen atoms in total. The normalized spacial score (nSPS) is 12.6. The van der Waals surface area contributed by atoms with Crippen LogP contribution in [0.4, 0.5) is 0 Å². The minimum absolute atomic E-state index is 0.336. The van der Waals surface area contributed by atoms with E-state index in [2.05, 4.69) is 6.92 Å². The minimum atomic E-state index is -4.17. The van der Waals surface area contributed by atoms with Crippen molar-refractivity contribution in [2.45, 2.75) is 64.7 Å². The molecular weight excluding hydrogens is 271 g/mol. The molecule has 116 valence electrons. The van der Waals surface area contributed by atoms with Crippen LogP contribution in [0.15, 0.2) is 24.3 Å². The molecule has 1 aromatic rings. The van der Waals surface area contributed by atoms with Gasteiger partial charge in [-0.25, -0.2) is 0 Å². The van der Waals surface area contributed by atoms with Gasteiger partial charge in [-0.2, -0.15) is 0 Å². The number of hydrogen-bond donors (Lipinski definition) is 3. The third-order valence-corrected chi connectivity index (χ3v) is 4.89. The van der Waals surface area contributed by atoms with Crippen LogP contribution in [0.2, 0.25) is 0 Å². The van der Waals surface area contributed by atoms with Crippen LogP contribution in [-0.4, -0.2) is 14.7 Å². The van der Waals surface area contributed by atoms with Crippen molar-refractivity contribution in [1.29, 1.82) is 0 Å². The average molecular weight is 300 g/mol. The van der Waals surface area contributed by atoms with Crippen LogP contribution in [0.25, 0.3) is 0 Å². The maximum absolute atomic E-state index is 9.44. The third-order valence-electron chi connectivity index (χ3n) is 3.68. The van der Waals surface area contributed by atoms with Crippen molar-refractivity contribution >= 4 is 13.2 Å². The second-order valence-electron chi connectivity index (χ2n) is 5.52. The second kappa shape index (κ2) is 9.46. The van der Waals surface area contributed by atoms with E-state index in [-0.39, 0.29) is 0 Å². The molecule has 0 aliphatic heterocycles. The van der Waals surface area contributed by atoms with Gasteiger partial charge in [0.1, 0.15) is 0 Å². The molecule has 0 atom stereocenters. The number of aryl methyl sites for hydroxylation is 1. The summed E-state index contributed by atoms with van der Waals surface area (Å²) in [6, 6.07) is 7.11. The Morgan fingerprint density at radius 3 is 1.95 bits per heavy atom. The summed E-state index contributed by atoms with van der Waals surface area (Å²) in [7, 11) is -4.17. The van der Waals surface area contributed by atoms with Crippen LogP contribution in [0, 0.1) is 0 Å². The summed E-state index contributed by atoms with van der Waals surface area (Å²) in [5.41, 5.74) is 0.873. The fraction of sp³-hybridized carbons (Fsp3) is 0.625. The SMILES string of the molecule is CCCCCCCCCCc1ccccc1[PH](O)(O)O. The second-order valence-corrected chi connectivity index (χ2v) is 7.33. The molecule has 0 amide bonds. The molecule has 4 heteroatoms. The third kappa shape index (κ3) is 6.81. The predicted octanol–water partition coefficient (Wildman–Crippen LogP) is 3.47. The molecule has 1 rings (SSSR count). The van der Waals surface area contributed by atoms with Gasteiger partial charge in [0.2, 0.25) is 0 Å². The first kappa shape index (κ1) is 17.6. The van der Waals surface area contributed by atoms with Gasteiger partial charge in [0.05, 0.1) is 0 Å². The van der Waals surface area contributed by atoms with E-state index in [9.17, 15) is 14.7 Å².